The number of nitrogens with zero attached hydrogens (tertiary/aromatic N) is 2. The molecular weight excluding hydrogens is 372 g/mol. The summed E-state index contributed by atoms with van der Waals surface area (Å²) in [7, 11) is 6.44. The van der Waals surface area contributed by atoms with Gasteiger partial charge in [-0.3, -0.25) is 9.69 Å². The number of para-hydroxylation sites is 1. The van der Waals surface area contributed by atoms with Crippen molar-refractivity contribution in [2.24, 2.45) is 0 Å². The summed E-state index contributed by atoms with van der Waals surface area (Å²) in [5.74, 6) is 2.63. The second-order valence-corrected chi connectivity index (χ2v) is 6.79. The smallest absolute Gasteiger partial charge is 0.257 e. The molecule has 156 valence electrons. The lowest BCUT2D eigenvalue weighted by Crippen LogP contribution is -2.48. The molecule has 2 aromatic rings. The molecule has 0 saturated carbocycles. The number of carbonyl (C=O) groups excluding carboxylic acids is 1. The van der Waals surface area contributed by atoms with E-state index in [1.807, 2.05) is 23.1 Å². The zero-order chi connectivity index (χ0) is 20.8. The van der Waals surface area contributed by atoms with E-state index in [0.29, 0.717) is 30.2 Å². The Morgan fingerprint density at radius 3 is 2.21 bits per heavy atom. The first-order valence-corrected chi connectivity index (χ1v) is 9.54. The van der Waals surface area contributed by atoms with Gasteiger partial charge in [-0.15, -0.1) is 0 Å². The molecule has 0 atom stereocenters. The van der Waals surface area contributed by atoms with E-state index in [4.69, 9.17) is 18.9 Å². The quantitative estimate of drug-likeness (QED) is 0.712. The van der Waals surface area contributed by atoms with Crippen LogP contribution in [0.3, 0.4) is 0 Å². The van der Waals surface area contributed by atoms with Crippen LogP contribution < -0.4 is 18.9 Å². The first-order valence-electron chi connectivity index (χ1n) is 9.54. The second kappa shape index (κ2) is 9.52. The van der Waals surface area contributed by atoms with Crippen molar-refractivity contribution in [1.29, 1.82) is 0 Å². The summed E-state index contributed by atoms with van der Waals surface area (Å²) in [6.45, 7) is 3.58. The molecule has 7 heteroatoms. The standard InChI is InChI=1S/C22H28N2O5/c1-26-17-8-9-19(27-2)16(14-17)15-23-10-12-24(13-11-23)22(25)18-6-5-7-20(28-3)21(18)29-4/h5-9,14H,10-13,15H2,1-4H3. The van der Waals surface area contributed by atoms with Crippen LogP contribution in [0.1, 0.15) is 15.9 Å². The minimum atomic E-state index is -0.0423. The van der Waals surface area contributed by atoms with E-state index in [-0.39, 0.29) is 5.91 Å². The Bertz CT molecular complexity index is 847. The van der Waals surface area contributed by atoms with Crippen molar-refractivity contribution in [2.45, 2.75) is 6.54 Å². The molecule has 3 rings (SSSR count). The van der Waals surface area contributed by atoms with E-state index < -0.39 is 0 Å². The number of methoxy groups -OCH3 is 4. The molecule has 2 aromatic carbocycles. The van der Waals surface area contributed by atoms with Crippen molar-refractivity contribution >= 4 is 5.91 Å². The van der Waals surface area contributed by atoms with Crippen LogP contribution in [0.4, 0.5) is 0 Å². The van der Waals surface area contributed by atoms with Gasteiger partial charge in [0.2, 0.25) is 0 Å². The number of hydrogen-bond donors (Lipinski definition) is 0. The topological polar surface area (TPSA) is 60.5 Å². The van der Waals surface area contributed by atoms with Crippen molar-refractivity contribution in [3.63, 3.8) is 0 Å². The number of rotatable bonds is 7. The summed E-state index contributed by atoms with van der Waals surface area (Å²) in [5.41, 5.74) is 1.59. The second-order valence-electron chi connectivity index (χ2n) is 6.79. The maximum atomic E-state index is 13.0. The molecule has 1 aliphatic rings. The van der Waals surface area contributed by atoms with Crippen molar-refractivity contribution in [1.82, 2.24) is 9.80 Å². The Hall–Kier alpha value is -2.93. The lowest BCUT2D eigenvalue weighted by molar-refractivity contribution is 0.0623. The lowest BCUT2D eigenvalue weighted by Gasteiger charge is -2.35. The van der Waals surface area contributed by atoms with Crippen LogP contribution in [0, 0.1) is 0 Å². The maximum absolute atomic E-state index is 13.0. The molecule has 0 bridgehead atoms. The van der Waals surface area contributed by atoms with Crippen LogP contribution in [-0.2, 0) is 6.54 Å². The summed E-state index contributed by atoms with van der Waals surface area (Å²) in [6, 6.07) is 11.2. The van der Waals surface area contributed by atoms with E-state index in [1.165, 1.54) is 0 Å². The van der Waals surface area contributed by atoms with Crippen molar-refractivity contribution < 1.29 is 23.7 Å². The van der Waals surface area contributed by atoms with Crippen molar-refractivity contribution in [2.75, 3.05) is 54.6 Å². The normalized spacial score (nSPS) is 14.4. The predicted molar refractivity (Wildman–Crippen MR) is 110 cm³/mol. The summed E-state index contributed by atoms with van der Waals surface area (Å²) < 4.78 is 21.5. The zero-order valence-corrected chi connectivity index (χ0v) is 17.4. The Kier molecular flexibility index (Phi) is 6.82. The fraction of sp³-hybridized carbons (Fsp3) is 0.409. The van der Waals surface area contributed by atoms with Gasteiger partial charge in [-0.25, -0.2) is 0 Å². The van der Waals surface area contributed by atoms with Crippen LogP contribution in [0.15, 0.2) is 36.4 Å². The van der Waals surface area contributed by atoms with Gasteiger partial charge in [0.15, 0.2) is 11.5 Å². The highest BCUT2D eigenvalue weighted by Crippen LogP contribution is 2.32. The minimum absolute atomic E-state index is 0.0423. The molecule has 0 radical (unpaired) electrons. The molecule has 1 saturated heterocycles. The van der Waals surface area contributed by atoms with E-state index in [2.05, 4.69) is 4.90 Å². The lowest BCUT2D eigenvalue weighted by atomic mass is 10.1. The van der Waals surface area contributed by atoms with Gasteiger partial charge >= 0.3 is 0 Å². The molecule has 7 nitrogen and oxygen atoms in total. The third kappa shape index (κ3) is 4.56. The fourth-order valence-corrected chi connectivity index (χ4v) is 3.58. The molecule has 1 amide bonds. The van der Waals surface area contributed by atoms with E-state index in [9.17, 15) is 4.79 Å². The average molecular weight is 400 g/mol. The Morgan fingerprint density at radius 2 is 1.59 bits per heavy atom. The SMILES string of the molecule is COc1ccc(OC)c(CN2CCN(C(=O)c3cccc(OC)c3OC)CC2)c1. The number of piperazine rings is 1. The summed E-state index contributed by atoms with van der Waals surface area (Å²) in [5, 5.41) is 0. The molecule has 29 heavy (non-hydrogen) atoms. The number of amides is 1. The third-order valence-corrected chi connectivity index (χ3v) is 5.17. The van der Waals surface area contributed by atoms with E-state index in [0.717, 1.165) is 36.7 Å². The summed E-state index contributed by atoms with van der Waals surface area (Å²) >= 11 is 0. The van der Waals surface area contributed by atoms with E-state index in [1.54, 1.807) is 46.6 Å². The third-order valence-electron chi connectivity index (χ3n) is 5.17. The summed E-state index contributed by atoms with van der Waals surface area (Å²) in [4.78, 5) is 17.2. The molecule has 0 aromatic heterocycles. The van der Waals surface area contributed by atoms with Crippen LogP contribution in [0.5, 0.6) is 23.0 Å². The van der Waals surface area contributed by atoms with Crippen molar-refractivity contribution in [3.05, 3.63) is 47.5 Å². The molecule has 0 spiro atoms. The van der Waals surface area contributed by atoms with Gasteiger partial charge < -0.3 is 23.8 Å². The van der Waals surface area contributed by atoms with Crippen LogP contribution in [-0.4, -0.2) is 70.3 Å². The Labute approximate surface area is 171 Å². The highest BCUT2D eigenvalue weighted by Gasteiger charge is 2.26. The van der Waals surface area contributed by atoms with Gasteiger partial charge in [-0.1, -0.05) is 6.07 Å². The molecule has 0 aliphatic carbocycles. The molecular formula is C22H28N2O5. The number of ether oxygens (including phenoxy) is 4. The first kappa shape index (κ1) is 20.8. The number of benzene rings is 2. The average Bonchev–Trinajstić information content (AvgIpc) is 2.78. The molecule has 1 fully saturated rings. The van der Waals surface area contributed by atoms with Crippen LogP contribution in [0.2, 0.25) is 0 Å². The minimum Gasteiger partial charge on any atom is -0.497 e. The largest absolute Gasteiger partial charge is 0.497 e. The molecule has 0 N–H and O–H groups in total. The molecule has 1 aliphatic heterocycles. The summed E-state index contributed by atoms with van der Waals surface area (Å²) in [6.07, 6.45) is 0. The van der Waals surface area contributed by atoms with E-state index >= 15 is 0 Å². The fourth-order valence-electron chi connectivity index (χ4n) is 3.58. The Balaban J connectivity index is 1.66. The monoisotopic (exact) mass is 400 g/mol. The number of hydrogen-bond acceptors (Lipinski definition) is 6. The Morgan fingerprint density at radius 1 is 0.862 bits per heavy atom. The first-order chi connectivity index (χ1) is 14.1. The number of carbonyl (C=O) groups is 1. The predicted octanol–water partition coefficient (Wildman–Crippen LogP) is 2.68. The highest BCUT2D eigenvalue weighted by molar-refractivity contribution is 5.97. The van der Waals surface area contributed by atoms with Gasteiger partial charge in [0, 0.05) is 38.3 Å². The molecule has 0 unspecified atom stereocenters. The van der Waals surface area contributed by atoms with Crippen LogP contribution in [0.25, 0.3) is 0 Å². The van der Waals surface area contributed by atoms with Gasteiger partial charge in [0.25, 0.3) is 5.91 Å². The van der Waals surface area contributed by atoms with Gasteiger partial charge in [0.05, 0.1) is 34.0 Å². The van der Waals surface area contributed by atoms with Crippen molar-refractivity contribution in [3.8, 4) is 23.0 Å². The maximum Gasteiger partial charge on any atom is 0.257 e. The zero-order valence-electron chi connectivity index (χ0n) is 17.4. The van der Waals surface area contributed by atoms with Gasteiger partial charge in [-0.05, 0) is 30.3 Å². The van der Waals surface area contributed by atoms with Crippen LogP contribution >= 0.6 is 0 Å². The van der Waals surface area contributed by atoms with Gasteiger partial charge in [0.1, 0.15) is 11.5 Å². The molecule has 1 heterocycles. The highest BCUT2D eigenvalue weighted by atomic mass is 16.5. The van der Waals surface area contributed by atoms with Gasteiger partial charge in [-0.2, -0.15) is 0 Å².